The summed E-state index contributed by atoms with van der Waals surface area (Å²) >= 11 is 5.05. The van der Waals surface area contributed by atoms with E-state index in [1.165, 1.54) is 36.7 Å². The third-order valence-electron chi connectivity index (χ3n) is 3.28. The number of rotatable bonds is 9. The molecule has 0 aliphatic heterocycles. The summed E-state index contributed by atoms with van der Waals surface area (Å²) in [5.74, 6) is 0.844. The number of unbranched alkanes of at least 4 members (excludes halogenated alkanes) is 4. The normalized spacial score (nSPS) is 11.1. The van der Waals surface area contributed by atoms with Crippen LogP contribution in [-0.2, 0) is 0 Å². The number of H-pyrrole nitrogens is 1. The zero-order chi connectivity index (χ0) is 15.6. The van der Waals surface area contributed by atoms with Crippen LogP contribution in [0.2, 0.25) is 0 Å². The molecule has 0 aliphatic rings. The van der Waals surface area contributed by atoms with Gasteiger partial charge in [0.2, 0.25) is 4.77 Å². The van der Waals surface area contributed by atoms with Crippen LogP contribution in [0.1, 0.15) is 44.6 Å². The van der Waals surface area contributed by atoms with E-state index in [2.05, 4.69) is 22.2 Å². The summed E-state index contributed by atoms with van der Waals surface area (Å²) < 4.78 is 7.84. The van der Waals surface area contributed by atoms with Gasteiger partial charge in [0.25, 0.3) is 0 Å². The van der Waals surface area contributed by atoms with Gasteiger partial charge in [-0.2, -0.15) is 14.9 Å². The van der Waals surface area contributed by atoms with Crippen LogP contribution in [0.25, 0.3) is 0 Å². The lowest BCUT2D eigenvalue weighted by molar-refractivity contribution is 0.304. The number of hydrogen-bond acceptors (Lipinski definition) is 4. The minimum atomic E-state index is 0.463. The van der Waals surface area contributed by atoms with E-state index in [9.17, 15) is 0 Å². The lowest BCUT2D eigenvalue weighted by atomic mass is 10.2. The highest BCUT2D eigenvalue weighted by Gasteiger charge is 2.01. The molecule has 118 valence electrons. The Bertz CT molecular complexity index is 647. The van der Waals surface area contributed by atoms with Crippen molar-refractivity contribution in [2.75, 3.05) is 6.61 Å². The lowest BCUT2D eigenvalue weighted by Crippen LogP contribution is -2.00. The molecule has 6 heteroatoms. The first-order valence-electron chi connectivity index (χ1n) is 7.69. The van der Waals surface area contributed by atoms with Crippen LogP contribution in [0, 0.1) is 4.77 Å². The molecule has 0 unspecified atom stereocenters. The van der Waals surface area contributed by atoms with Crippen molar-refractivity contribution in [3.8, 4) is 5.75 Å². The van der Waals surface area contributed by atoms with Crippen molar-refractivity contribution in [3.63, 3.8) is 0 Å². The second-order valence-corrected chi connectivity index (χ2v) is 5.44. The predicted molar refractivity (Wildman–Crippen MR) is 91.1 cm³/mol. The standard InChI is InChI=1S/C16H22N4OS/c1-2-3-4-5-8-11-21-15-10-7-6-9-14(15)12-18-20-13-17-19-16(20)22/h6-7,9-10,12-13H,2-5,8,11H2,1H3,(H,19,22)/b18-12-. The van der Waals surface area contributed by atoms with Crippen LogP contribution >= 0.6 is 12.2 Å². The minimum absolute atomic E-state index is 0.463. The highest BCUT2D eigenvalue weighted by atomic mass is 32.1. The monoisotopic (exact) mass is 318 g/mol. The van der Waals surface area contributed by atoms with Crippen LogP contribution < -0.4 is 4.74 Å². The molecule has 0 radical (unpaired) electrons. The molecule has 0 bridgehead atoms. The Balaban J connectivity index is 1.91. The van der Waals surface area contributed by atoms with Crippen LogP contribution in [0.15, 0.2) is 35.7 Å². The molecule has 0 spiro atoms. The zero-order valence-electron chi connectivity index (χ0n) is 12.9. The topological polar surface area (TPSA) is 55.2 Å². The molecular weight excluding hydrogens is 296 g/mol. The number of benzene rings is 1. The Morgan fingerprint density at radius 2 is 2.09 bits per heavy atom. The predicted octanol–water partition coefficient (Wildman–Crippen LogP) is 4.17. The number of aromatic nitrogens is 3. The second kappa shape index (κ2) is 9.15. The molecule has 0 saturated heterocycles. The molecule has 1 aromatic carbocycles. The summed E-state index contributed by atoms with van der Waals surface area (Å²) in [6, 6.07) is 7.86. The largest absolute Gasteiger partial charge is 0.493 e. The van der Waals surface area contributed by atoms with Crippen molar-refractivity contribution in [1.29, 1.82) is 0 Å². The molecule has 5 nitrogen and oxygen atoms in total. The smallest absolute Gasteiger partial charge is 0.216 e. The molecule has 1 heterocycles. The Morgan fingerprint density at radius 3 is 2.86 bits per heavy atom. The molecular formula is C16H22N4OS. The number of nitrogens with one attached hydrogen (secondary N) is 1. The minimum Gasteiger partial charge on any atom is -0.493 e. The summed E-state index contributed by atoms with van der Waals surface area (Å²) in [6.45, 7) is 2.96. The van der Waals surface area contributed by atoms with Gasteiger partial charge >= 0.3 is 0 Å². The van der Waals surface area contributed by atoms with Gasteiger partial charge in [0, 0.05) is 5.56 Å². The maximum absolute atomic E-state index is 5.87. The number of nitrogens with zero attached hydrogens (tertiary/aromatic N) is 3. The third-order valence-corrected chi connectivity index (χ3v) is 3.56. The van der Waals surface area contributed by atoms with E-state index in [0.29, 0.717) is 4.77 Å². The van der Waals surface area contributed by atoms with Crippen LogP contribution in [0.5, 0.6) is 5.75 Å². The molecule has 0 amide bonds. The Labute approximate surface area is 136 Å². The van der Waals surface area contributed by atoms with Crippen molar-refractivity contribution in [3.05, 3.63) is 40.9 Å². The Morgan fingerprint density at radius 1 is 1.27 bits per heavy atom. The highest BCUT2D eigenvalue weighted by molar-refractivity contribution is 7.71. The SMILES string of the molecule is CCCCCCCOc1ccccc1/C=N\n1cn[nH]c1=S. The molecule has 2 aromatic rings. The fourth-order valence-corrected chi connectivity index (χ4v) is 2.20. The van der Waals surface area contributed by atoms with Crippen molar-refractivity contribution in [2.45, 2.75) is 39.0 Å². The van der Waals surface area contributed by atoms with Crippen molar-refractivity contribution >= 4 is 18.4 Å². The molecule has 1 N–H and O–H groups in total. The Kier molecular flexibility index (Phi) is 6.83. The zero-order valence-corrected chi connectivity index (χ0v) is 13.7. The molecule has 0 atom stereocenters. The van der Waals surface area contributed by atoms with Gasteiger partial charge in [-0.05, 0) is 30.8 Å². The summed E-state index contributed by atoms with van der Waals surface area (Å²) in [6.07, 6.45) is 9.41. The van der Waals surface area contributed by atoms with E-state index < -0.39 is 0 Å². The first-order chi connectivity index (χ1) is 10.8. The van der Waals surface area contributed by atoms with Crippen LogP contribution in [0.3, 0.4) is 0 Å². The second-order valence-electron chi connectivity index (χ2n) is 5.05. The van der Waals surface area contributed by atoms with E-state index in [1.807, 2.05) is 24.3 Å². The van der Waals surface area contributed by atoms with E-state index >= 15 is 0 Å². The number of para-hydroxylation sites is 1. The van der Waals surface area contributed by atoms with Gasteiger partial charge in [0.1, 0.15) is 12.1 Å². The number of ether oxygens (including phenoxy) is 1. The van der Waals surface area contributed by atoms with Crippen molar-refractivity contribution in [2.24, 2.45) is 5.10 Å². The van der Waals surface area contributed by atoms with Gasteiger partial charge in [0.15, 0.2) is 0 Å². The van der Waals surface area contributed by atoms with E-state index in [-0.39, 0.29) is 0 Å². The van der Waals surface area contributed by atoms with E-state index in [4.69, 9.17) is 17.0 Å². The van der Waals surface area contributed by atoms with E-state index in [0.717, 1.165) is 24.3 Å². The fourth-order valence-electron chi connectivity index (χ4n) is 2.06. The summed E-state index contributed by atoms with van der Waals surface area (Å²) in [7, 11) is 0. The molecule has 0 saturated carbocycles. The first kappa shape index (κ1) is 16.4. The van der Waals surface area contributed by atoms with Gasteiger partial charge in [-0.25, -0.2) is 0 Å². The summed E-state index contributed by atoms with van der Waals surface area (Å²) in [4.78, 5) is 0. The molecule has 22 heavy (non-hydrogen) atoms. The first-order valence-corrected chi connectivity index (χ1v) is 8.10. The average molecular weight is 318 g/mol. The maximum atomic E-state index is 5.87. The van der Waals surface area contributed by atoms with Crippen LogP contribution in [-0.4, -0.2) is 27.7 Å². The number of hydrogen-bond donors (Lipinski definition) is 1. The summed E-state index contributed by atoms with van der Waals surface area (Å²) in [5.41, 5.74) is 0.930. The van der Waals surface area contributed by atoms with Crippen molar-refractivity contribution in [1.82, 2.24) is 14.9 Å². The van der Waals surface area contributed by atoms with Gasteiger partial charge in [-0.1, -0.05) is 44.7 Å². The third kappa shape index (κ3) is 5.11. The fraction of sp³-hybridized carbons (Fsp3) is 0.438. The van der Waals surface area contributed by atoms with Gasteiger partial charge in [-0.15, -0.1) is 0 Å². The number of aromatic amines is 1. The van der Waals surface area contributed by atoms with Gasteiger partial charge < -0.3 is 4.74 Å². The summed E-state index contributed by atoms with van der Waals surface area (Å²) in [5, 5.41) is 10.8. The van der Waals surface area contributed by atoms with Gasteiger partial charge in [0.05, 0.1) is 12.8 Å². The molecule has 1 aromatic heterocycles. The Hall–Kier alpha value is -1.95. The van der Waals surface area contributed by atoms with Crippen LogP contribution in [0.4, 0.5) is 0 Å². The van der Waals surface area contributed by atoms with E-state index in [1.54, 1.807) is 6.21 Å². The highest BCUT2D eigenvalue weighted by Crippen LogP contribution is 2.16. The molecule has 0 fully saturated rings. The van der Waals surface area contributed by atoms with Crippen molar-refractivity contribution < 1.29 is 4.74 Å². The maximum Gasteiger partial charge on any atom is 0.216 e. The molecule has 2 rings (SSSR count). The molecule has 0 aliphatic carbocycles. The lowest BCUT2D eigenvalue weighted by Gasteiger charge is -2.08. The quantitative estimate of drug-likeness (QED) is 0.429. The average Bonchev–Trinajstić information content (AvgIpc) is 2.95. The van der Waals surface area contributed by atoms with Gasteiger partial charge in [-0.3, -0.25) is 5.10 Å².